The molecule has 18 heavy (non-hydrogen) atoms. The Morgan fingerprint density at radius 1 is 1.22 bits per heavy atom. The third-order valence-electron chi connectivity index (χ3n) is 2.17. The van der Waals surface area contributed by atoms with E-state index in [2.05, 4.69) is 15.3 Å². The van der Waals surface area contributed by atoms with Crippen LogP contribution in [0, 0.1) is 18.3 Å². The Bertz CT molecular complexity index is 614. The van der Waals surface area contributed by atoms with Crippen molar-refractivity contribution in [3.63, 3.8) is 0 Å². The third-order valence-corrected chi connectivity index (χ3v) is 2.80. The molecule has 1 N–H and O–H groups in total. The monoisotopic (exact) mass is 278 g/mol. The highest BCUT2D eigenvalue weighted by atomic mass is 35.5. The lowest BCUT2D eigenvalue weighted by Gasteiger charge is -2.09. The first kappa shape index (κ1) is 12.6. The number of anilines is 2. The molecule has 90 valence electrons. The van der Waals surface area contributed by atoms with Gasteiger partial charge in [-0.25, -0.2) is 9.97 Å². The summed E-state index contributed by atoms with van der Waals surface area (Å²) in [6.45, 7) is 1.78. The van der Waals surface area contributed by atoms with Gasteiger partial charge < -0.3 is 5.32 Å². The fraction of sp³-hybridized carbons (Fsp3) is 0.0833. The zero-order chi connectivity index (χ0) is 13.1. The molecule has 0 aliphatic heterocycles. The zero-order valence-corrected chi connectivity index (χ0v) is 10.9. The van der Waals surface area contributed by atoms with Crippen LogP contribution in [-0.4, -0.2) is 9.97 Å². The normalized spacial score (nSPS) is 9.89. The minimum Gasteiger partial charge on any atom is -0.322 e. The molecule has 0 saturated carbocycles. The van der Waals surface area contributed by atoms with Gasteiger partial charge in [0.15, 0.2) is 0 Å². The zero-order valence-electron chi connectivity index (χ0n) is 9.41. The molecule has 1 aromatic heterocycles. The van der Waals surface area contributed by atoms with Crippen LogP contribution in [0.3, 0.4) is 0 Å². The van der Waals surface area contributed by atoms with Crippen molar-refractivity contribution in [3.8, 4) is 6.07 Å². The Morgan fingerprint density at radius 3 is 2.50 bits per heavy atom. The molecule has 0 aliphatic rings. The average Bonchev–Trinajstić information content (AvgIpc) is 2.33. The predicted octanol–water partition coefficient (Wildman–Crippen LogP) is 3.71. The summed E-state index contributed by atoms with van der Waals surface area (Å²) in [4.78, 5) is 8.20. The Labute approximate surface area is 114 Å². The Hall–Kier alpha value is -1.83. The van der Waals surface area contributed by atoms with Crippen LogP contribution >= 0.6 is 23.2 Å². The molecule has 6 heteroatoms. The molecule has 0 unspecified atom stereocenters. The lowest BCUT2D eigenvalue weighted by molar-refractivity contribution is 1.09. The number of rotatable bonds is 2. The van der Waals surface area contributed by atoms with E-state index in [-0.39, 0.29) is 5.69 Å². The molecule has 0 saturated heterocycles. The number of para-hydroxylation sites is 1. The summed E-state index contributed by atoms with van der Waals surface area (Å²) < 4.78 is 0. The number of halogens is 2. The van der Waals surface area contributed by atoms with Crippen LogP contribution in [-0.2, 0) is 0 Å². The Kier molecular flexibility index (Phi) is 3.66. The van der Waals surface area contributed by atoms with Gasteiger partial charge in [0.05, 0.1) is 15.7 Å². The van der Waals surface area contributed by atoms with E-state index in [1.807, 2.05) is 6.07 Å². The maximum absolute atomic E-state index is 8.84. The van der Waals surface area contributed by atoms with Gasteiger partial charge in [-0.15, -0.1) is 0 Å². The minimum absolute atomic E-state index is 0.285. The van der Waals surface area contributed by atoms with E-state index < -0.39 is 0 Å². The maximum atomic E-state index is 8.84. The van der Waals surface area contributed by atoms with Crippen LogP contribution in [0.25, 0.3) is 0 Å². The first-order valence-electron chi connectivity index (χ1n) is 5.07. The molecule has 2 aromatic rings. The SMILES string of the molecule is Cc1cc(C#N)nc(Nc2c(Cl)cccc2Cl)n1. The summed E-state index contributed by atoms with van der Waals surface area (Å²) in [6, 6.07) is 8.72. The highest BCUT2D eigenvalue weighted by Gasteiger charge is 2.08. The van der Waals surface area contributed by atoms with Gasteiger partial charge in [-0.1, -0.05) is 29.3 Å². The number of nitrogens with one attached hydrogen (secondary N) is 1. The van der Waals surface area contributed by atoms with E-state index in [0.717, 1.165) is 0 Å². The Morgan fingerprint density at radius 2 is 1.89 bits per heavy atom. The summed E-state index contributed by atoms with van der Waals surface area (Å²) in [5, 5.41) is 12.7. The van der Waals surface area contributed by atoms with Crippen molar-refractivity contribution in [2.45, 2.75) is 6.92 Å². The molecule has 1 heterocycles. The highest BCUT2D eigenvalue weighted by Crippen LogP contribution is 2.31. The quantitative estimate of drug-likeness (QED) is 0.910. The second-order valence-corrected chi connectivity index (χ2v) is 4.37. The maximum Gasteiger partial charge on any atom is 0.228 e. The molecule has 4 nitrogen and oxygen atoms in total. The number of hydrogen-bond donors (Lipinski definition) is 1. The van der Waals surface area contributed by atoms with E-state index in [0.29, 0.717) is 27.4 Å². The minimum atomic E-state index is 0.285. The fourth-order valence-electron chi connectivity index (χ4n) is 1.41. The van der Waals surface area contributed by atoms with Crippen LogP contribution in [0.4, 0.5) is 11.6 Å². The average molecular weight is 279 g/mol. The van der Waals surface area contributed by atoms with Gasteiger partial charge >= 0.3 is 0 Å². The molecule has 0 fully saturated rings. The summed E-state index contributed by atoms with van der Waals surface area (Å²) in [7, 11) is 0. The fourth-order valence-corrected chi connectivity index (χ4v) is 1.90. The van der Waals surface area contributed by atoms with Crippen LogP contribution in [0.2, 0.25) is 10.0 Å². The van der Waals surface area contributed by atoms with Gasteiger partial charge in [0, 0.05) is 5.69 Å². The molecule has 0 atom stereocenters. The van der Waals surface area contributed by atoms with Crippen LogP contribution in [0.15, 0.2) is 24.3 Å². The second-order valence-electron chi connectivity index (χ2n) is 3.55. The first-order chi connectivity index (χ1) is 8.60. The summed E-state index contributed by atoms with van der Waals surface area (Å²) in [5.74, 6) is 0.293. The number of aromatic nitrogens is 2. The topological polar surface area (TPSA) is 61.6 Å². The summed E-state index contributed by atoms with van der Waals surface area (Å²) in [5.41, 5.74) is 1.50. The lowest BCUT2D eigenvalue weighted by Crippen LogP contribution is -2.01. The smallest absolute Gasteiger partial charge is 0.228 e. The van der Waals surface area contributed by atoms with Crippen molar-refractivity contribution in [1.82, 2.24) is 9.97 Å². The van der Waals surface area contributed by atoms with Gasteiger partial charge in [-0.2, -0.15) is 5.26 Å². The van der Waals surface area contributed by atoms with Gasteiger partial charge in [0.25, 0.3) is 0 Å². The van der Waals surface area contributed by atoms with Crippen LogP contribution in [0.1, 0.15) is 11.4 Å². The van der Waals surface area contributed by atoms with Crippen molar-refractivity contribution in [1.29, 1.82) is 5.26 Å². The van der Waals surface area contributed by atoms with Crippen LogP contribution < -0.4 is 5.32 Å². The number of aryl methyl sites for hydroxylation is 1. The second kappa shape index (κ2) is 5.21. The van der Waals surface area contributed by atoms with E-state index in [4.69, 9.17) is 28.5 Å². The van der Waals surface area contributed by atoms with E-state index in [1.54, 1.807) is 31.2 Å². The molecule has 0 bridgehead atoms. The van der Waals surface area contributed by atoms with Crippen molar-refractivity contribution in [3.05, 3.63) is 45.7 Å². The number of nitriles is 1. The summed E-state index contributed by atoms with van der Waals surface area (Å²) >= 11 is 12.1. The standard InChI is InChI=1S/C12H8Cl2N4/c1-7-5-8(6-15)17-12(16-7)18-11-9(13)3-2-4-10(11)14/h2-5H,1H3,(H,16,17,18). The number of nitrogens with zero attached hydrogens (tertiary/aromatic N) is 3. The van der Waals surface area contributed by atoms with Crippen molar-refractivity contribution >= 4 is 34.8 Å². The molecule has 0 aliphatic carbocycles. The van der Waals surface area contributed by atoms with Gasteiger partial charge in [0.1, 0.15) is 11.8 Å². The molecular weight excluding hydrogens is 271 g/mol. The van der Waals surface area contributed by atoms with Gasteiger partial charge in [-0.3, -0.25) is 0 Å². The van der Waals surface area contributed by atoms with Gasteiger partial charge in [-0.05, 0) is 25.1 Å². The third kappa shape index (κ3) is 2.70. The predicted molar refractivity (Wildman–Crippen MR) is 71.2 cm³/mol. The number of benzene rings is 1. The molecular formula is C12H8Cl2N4. The largest absolute Gasteiger partial charge is 0.322 e. The molecule has 0 amide bonds. The molecule has 0 spiro atoms. The number of hydrogen-bond acceptors (Lipinski definition) is 4. The molecule has 1 aromatic carbocycles. The molecule has 2 rings (SSSR count). The van der Waals surface area contributed by atoms with E-state index in [9.17, 15) is 0 Å². The van der Waals surface area contributed by atoms with Gasteiger partial charge in [0.2, 0.25) is 5.95 Å². The highest BCUT2D eigenvalue weighted by molar-refractivity contribution is 6.39. The lowest BCUT2D eigenvalue weighted by atomic mass is 10.3. The van der Waals surface area contributed by atoms with Crippen molar-refractivity contribution < 1.29 is 0 Å². The van der Waals surface area contributed by atoms with E-state index >= 15 is 0 Å². The first-order valence-corrected chi connectivity index (χ1v) is 5.82. The summed E-state index contributed by atoms with van der Waals surface area (Å²) in [6.07, 6.45) is 0. The van der Waals surface area contributed by atoms with E-state index in [1.165, 1.54) is 0 Å². The Balaban J connectivity index is 2.40. The molecule has 0 radical (unpaired) electrons. The van der Waals surface area contributed by atoms with Crippen molar-refractivity contribution in [2.24, 2.45) is 0 Å². The van der Waals surface area contributed by atoms with Crippen LogP contribution in [0.5, 0.6) is 0 Å². The van der Waals surface area contributed by atoms with Crippen molar-refractivity contribution in [2.75, 3.05) is 5.32 Å².